The molecule has 2 N–H and O–H groups in total. The van der Waals surface area contributed by atoms with Gasteiger partial charge >= 0.3 is 0 Å². The van der Waals surface area contributed by atoms with Gasteiger partial charge in [0, 0.05) is 23.5 Å². The van der Waals surface area contributed by atoms with Gasteiger partial charge in [-0.2, -0.15) is 0 Å². The summed E-state index contributed by atoms with van der Waals surface area (Å²) in [6, 6.07) is 7.13. The third-order valence-corrected chi connectivity index (χ3v) is 3.85. The lowest BCUT2D eigenvalue weighted by atomic mass is 10.0. The van der Waals surface area contributed by atoms with Crippen molar-refractivity contribution in [2.45, 2.75) is 45.6 Å². The molecule has 1 atom stereocenters. The van der Waals surface area contributed by atoms with Crippen LogP contribution in [0.15, 0.2) is 30.5 Å². The van der Waals surface area contributed by atoms with Gasteiger partial charge in [0.2, 0.25) is 5.91 Å². The second-order valence-electron chi connectivity index (χ2n) is 6.28. The third-order valence-electron chi connectivity index (χ3n) is 3.85. The Morgan fingerprint density at radius 3 is 2.70 bits per heavy atom. The first-order chi connectivity index (χ1) is 11.0. The molecule has 0 spiro atoms. The number of hydrogen-bond acceptors (Lipinski definition) is 3. The van der Waals surface area contributed by atoms with Crippen molar-refractivity contribution in [3.05, 3.63) is 36.0 Å². The van der Waals surface area contributed by atoms with Crippen LogP contribution in [0.5, 0.6) is 0 Å². The van der Waals surface area contributed by atoms with Gasteiger partial charge in [-0.25, -0.2) is 0 Å². The van der Waals surface area contributed by atoms with E-state index in [1.165, 1.54) is 10.9 Å². The molecule has 0 saturated heterocycles. The van der Waals surface area contributed by atoms with E-state index in [0.29, 0.717) is 19.3 Å². The molecule has 0 aliphatic rings. The van der Waals surface area contributed by atoms with Gasteiger partial charge in [0.15, 0.2) is 0 Å². The maximum Gasteiger partial charge on any atom is 0.220 e. The lowest BCUT2D eigenvalue weighted by Crippen LogP contribution is -2.48. The minimum absolute atomic E-state index is 0.185. The van der Waals surface area contributed by atoms with Crippen LogP contribution in [0.25, 0.3) is 10.9 Å². The molecule has 1 amide bonds. The number of carboxylic acid groups (broad SMARTS) is 1. The van der Waals surface area contributed by atoms with Crippen LogP contribution < -0.4 is 10.4 Å². The summed E-state index contributed by atoms with van der Waals surface area (Å²) in [5.74, 6) is -1.27. The predicted molar refractivity (Wildman–Crippen MR) is 87.6 cm³/mol. The Morgan fingerprint density at radius 1 is 1.26 bits per heavy atom. The molecule has 0 aliphatic carbocycles. The third kappa shape index (κ3) is 4.84. The number of carbonyl (C=O) groups excluding carboxylic acids is 2. The lowest BCUT2D eigenvalue weighted by Gasteiger charge is -2.21. The van der Waals surface area contributed by atoms with Gasteiger partial charge in [0.25, 0.3) is 0 Å². The number of amides is 1. The Kier molecular flexibility index (Phi) is 5.79. The summed E-state index contributed by atoms with van der Waals surface area (Å²) in [7, 11) is 0. The number of rotatable bonds is 8. The zero-order valence-corrected chi connectivity index (χ0v) is 13.6. The van der Waals surface area contributed by atoms with Crippen LogP contribution in [0.1, 0.15) is 38.7 Å². The molecular formula is C18H23N2O3-. The number of carbonyl (C=O) groups is 2. The van der Waals surface area contributed by atoms with E-state index in [9.17, 15) is 14.7 Å². The molecule has 2 aromatic rings. The standard InChI is InChI=1S/C18H24N2O3/c1-12(2)10-16(18(22)23)20-17(21)9-5-6-13-11-19-15-8-4-3-7-14(13)15/h3-4,7-8,11-12,16,19H,5-6,9-10H2,1-2H3,(H,20,21)(H,22,23)/p-1/t16-/m1/s1. The average molecular weight is 315 g/mol. The summed E-state index contributed by atoms with van der Waals surface area (Å²) in [4.78, 5) is 26.2. The van der Waals surface area contributed by atoms with E-state index in [4.69, 9.17) is 0 Å². The fraction of sp³-hybridized carbons (Fsp3) is 0.444. The molecule has 5 heteroatoms. The zero-order chi connectivity index (χ0) is 16.8. The van der Waals surface area contributed by atoms with Crippen LogP contribution in [0.4, 0.5) is 0 Å². The van der Waals surface area contributed by atoms with Gasteiger partial charge in [-0.15, -0.1) is 0 Å². The minimum Gasteiger partial charge on any atom is -0.548 e. The number of carboxylic acids is 1. The molecule has 1 aromatic heterocycles. The van der Waals surface area contributed by atoms with E-state index in [1.54, 1.807) is 0 Å². The number of aromatic nitrogens is 1. The number of aromatic amines is 1. The second kappa shape index (κ2) is 7.81. The minimum atomic E-state index is -1.22. The summed E-state index contributed by atoms with van der Waals surface area (Å²) in [6.45, 7) is 3.83. The highest BCUT2D eigenvalue weighted by atomic mass is 16.4. The van der Waals surface area contributed by atoms with E-state index in [2.05, 4.69) is 16.4 Å². The number of aryl methyl sites for hydroxylation is 1. The van der Waals surface area contributed by atoms with Gasteiger partial charge in [-0.3, -0.25) is 4.79 Å². The summed E-state index contributed by atoms with van der Waals surface area (Å²) >= 11 is 0. The molecule has 0 radical (unpaired) electrons. The van der Waals surface area contributed by atoms with Crippen LogP contribution in [-0.4, -0.2) is 22.9 Å². The number of para-hydroxylation sites is 1. The average Bonchev–Trinajstić information content (AvgIpc) is 2.89. The number of H-pyrrole nitrogens is 1. The molecule has 1 aromatic carbocycles. The number of hydrogen-bond donors (Lipinski definition) is 2. The topological polar surface area (TPSA) is 85.0 Å². The van der Waals surface area contributed by atoms with Crippen LogP contribution in [0, 0.1) is 5.92 Å². The smallest absolute Gasteiger partial charge is 0.220 e. The van der Waals surface area contributed by atoms with Crippen molar-refractivity contribution < 1.29 is 14.7 Å². The molecule has 0 fully saturated rings. The number of nitrogens with one attached hydrogen (secondary N) is 2. The maximum absolute atomic E-state index is 11.9. The van der Waals surface area contributed by atoms with Gasteiger partial charge in [0.05, 0.1) is 12.0 Å². The van der Waals surface area contributed by atoms with E-state index >= 15 is 0 Å². The Balaban J connectivity index is 1.83. The van der Waals surface area contributed by atoms with E-state index in [1.807, 2.05) is 38.2 Å². The molecule has 5 nitrogen and oxygen atoms in total. The molecule has 23 heavy (non-hydrogen) atoms. The van der Waals surface area contributed by atoms with E-state index in [-0.39, 0.29) is 11.8 Å². The van der Waals surface area contributed by atoms with Crippen LogP contribution in [0.3, 0.4) is 0 Å². The van der Waals surface area contributed by atoms with Crippen molar-refractivity contribution in [3.63, 3.8) is 0 Å². The number of aliphatic carboxylic acids is 1. The second-order valence-corrected chi connectivity index (χ2v) is 6.28. The predicted octanol–water partition coefficient (Wildman–Crippen LogP) is 1.77. The van der Waals surface area contributed by atoms with Crippen molar-refractivity contribution in [2.24, 2.45) is 5.92 Å². The van der Waals surface area contributed by atoms with Gasteiger partial charge in [-0.1, -0.05) is 32.0 Å². The molecular weight excluding hydrogens is 292 g/mol. The van der Waals surface area contributed by atoms with Crippen molar-refractivity contribution >= 4 is 22.8 Å². The fourth-order valence-corrected chi connectivity index (χ4v) is 2.73. The number of benzene rings is 1. The van der Waals surface area contributed by atoms with Gasteiger partial charge in [-0.05, 0) is 36.8 Å². The highest BCUT2D eigenvalue weighted by Gasteiger charge is 2.15. The van der Waals surface area contributed by atoms with Crippen LogP contribution >= 0.6 is 0 Å². The Labute approximate surface area is 136 Å². The van der Waals surface area contributed by atoms with E-state index < -0.39 is 12.0 Å². The van der Waals surface area contributed by atoms with Gasteiger partial charge < -0.3 is 20.2 Å². The molecule has 0 saturated carbocycles. The number of fused-ring (bicyclic) bond motifs is 1. The largest absolute Gasteiger partial charge is 0.548 e. The Hall–Kier alpha value is -2.30. The molecule has 124 valence electrons. The lowest BCUT2D eigenvalue weighted by molar-refractivity contribution is -0.308. The SMILES string of the molecule is CC(C)C[C@@H](NC(=O)CCCc1c[nH]c2ccccc12)C(=O)[O-]. The molecule has 1 heterocycles. The van der Waals surface area contributed by atoms with Crippen molar-refractivity contribution in [1.82, 2.24) is 10.3 Å². The van der Waals surface area contributed by atoms with E-state index in [0.717, 1.165) is 11.9 Å². The molecule has 2 rings (SSSR count). The monoisotopic (exact) mass is 315 g/mol. The van der Waals surface area contributed by atoms with Gasteiger partial charge in [0.1, 0.15) is 0 Å². The first-order valence-electron chi connectivity index (χ1n) is 8.02. The van der Waals surface area contributed by atoms with Crippen molar-refractivity contribution in [2.75, 3.05) is 0 Å². The first kappa shape index (κ1) is 17.1. The summed E-state index contributed by atoms with van der Waals surface area (Å²) < 4.78 is 0. The maximum atomic E-state index is 11.9. The van der Waals surface area contributed by atoms with Crippen LogP contribution in [-0.2, 0) is 16.0 Å². The van der Waals surface area contributed by atoms with Crippen LogP contribution in [0.2, 0.25) is 0 Å². The Bertz CT molecular complexity index is 676. The fourth-order valence-electron chi connectivity index (χ4n) is 2.73. The Morgan fingerprint density at radius 2 is 2.00 bits per heavy atom. The summed E-state index contributed by atoms with van der Waals surface area (Å²) in [5, 5.41) is 14.8. The molecule has 0 unspecified atom stereocenters. The normalized spacial score (nSPS) is 12.5. The quantitative estimate of drug-likeness (QED) is 0.778. The highest BCUT2D eigenvalue weighted by Crippen LogP contribution is 2.19. The molecule has 0 bridgehead atoms. The van der Waals surface area contributed by atoms with Crippen molar-refractivity contribution in [3.8, 4) is 0 Å². The zero-order valence-electron chi connectivity index (χ0n) is 13.6. The highest BCUT2D eigenvalue weighted by molar-refractivity contribution is 5.84. The molecule has 0 aliphatic heterocycles. The van der Waals surface area contributed by atoms with Crippen molar-refractivity contribution in [1.29, 1.82) is 0 Å². The summed E-state index contributed by atoms with van der Waals surface area (Å²) in [6.07, 6.45) is 4.11. The first-order valence-corrected chi connectivity index (χ1v) is 8.02. The summed E-state index contributed by atoms with van der Waals surface area (Å²) in [5.41, 5.74) is 2.26.